The molecule has 0 aliphatic carbocycles. The summed E-state index contributed by atoms with van der Waals surface area (Å²) in [7, 11) is 0. The minimum absolute atomic E-state index is 0.485. The van der Waals surface area contributed by atoms with E-state index in [1.165, 1.54) is 0 Å². The van der Waals surface area contributed by atoms with E-state index < -0.39 is 0 Å². The number of fused-ring (bicyclic) bond motifs is 1. The van der Waals surface area contributed by atoms with Crippen LogP contribution < -0.4 is 10.5 Å². The summed E-state index contributed by atoms with van der Waals surface area (Å²) < 4.78 is 5.80. The molecule has 1 aromatic heterocycles. The molecular formula is C15H13N3O. The molecule has 0 saturated heterocycles. The summed E-state index contributed by atoms with van der Waals surface area (Å²) in [6.07, 6.45) is 1.72. The summed E-state index contributed by atoms with van der Waals surface area (Å²) in [5.41, 5.74) is 6.64. The highest BCUT2D eigenvalue weighted by Crippen LogP contribution is 2.26. The van der Waals surface area contributed by atoms with Crippen LogP contribution in [-0.2, 0) is 6.54 Å². The lowest BCUT2D eigenvalue weighted by atomic mass is 10.2. The Morgan fingerprint density at radius 3 is 2.84 bits per heavy atom. The Morgan fingerprint density at radius 2 is 1.95 bits per heavy atom. The zero-order valence-corrected chi connectivity index (χ0v) is 10.3. The molecule has 94 valence electrons. The van der Waals surface area contributed by atoms with Gasteiger partial charge in [0, 0.05) is 17.3 Å². The van der Waals surface area contributed by atoms with Gasteiger partial charge in [0.1, 0.15) is 5.75 Å². The van der Waals surface area contributed by atoms with Gasteiger partial charge in [-0.2, -0.15) is 5.10 Å². The van der Waals surface area contributed by atoms with Crippen LogP contribution in [0, 0.1) is 0 Å². The maximum Gasteiger partial charge on any atom is 0.246 e. The van der Waals surface area contributed by atoms with E-state index in [0.717, 1.165) is 16.3 Å². The first-order chi connectivity index (χ1) is 9.36. The molecule has 3 aromatic rings. The second kappa shape index (κ2) is 5.04. The first-order valence-electron chi connectivity index (χ1n) is 6.04. The molecule has 4 nitrogen and oxygen atoms in total. The van der Waals surface area contributed by atoms with E-state index in [1.807, 2.05) is 48.5 Å². The van der Waals surface area contributed by atoms with Gasteiger partial charge in [-0.3, -0.25) is 0 Å². The average Bonchev–Trinajstić information content (AvgIpc) is 2.48. The summed E-state index contributed by atoms with van der Waals surface area (Å²) in [5, 5.41) is 9.95. The summed E-state index contributed by atoms with van der Waals surface area (Å²) in [5.74, 6) is 1.22. The fourth-order valence-electron chi connectivity index (χ4n) is 1.92. The molecule has 2 N–H and O–H groups in total. The molecule has 3 rings (SSSR count). The molecule has 0 fully saturated rings. The topological polar surface area (TPSA) is 61.0 Å². The second-order valence-electron chi connectivity index (χ2n) is 4.19. The fourth-order valence-corrected chi connectivity index (χ4v) is 1.92. The Morgan fingerprint density at radius 1 is 1.05 bits per heavy atom. The van der Waals surface area contributed by atoms with Crippen LogP contribution in [0.4, 0.5) is 0 Å². The largest absolute Gasteiger partial charge is 0.437 e. The summed E-state index contributed by atoms with van der Waals surface area (Å²) >= 11 is 0. The Kier molecular flexibility index (Phi) is 3.08. The van der Waals surface area contributed by atoms with Gasteiger partial charge in [-0.25, -0.2) is 0 Å². The highest BCUT2D eigenvalue weighted by molar-refractivity contribution is 5.85. The van der Waals surface area contributed by atoms with Gasteiger partial charge in [0.25, 0.3) is 0 Å². The average molecular weight is 251 g/mol. The molecule has 0 unspecified atom stereocenters. The van der Waals surface area contributed by atoms with Gasteiger partial charge < -0.3 is 10.5 Å². The molecule has 0 radical (unpaired) electrons. The second-order valence-corrected chi connectivity index (χ2v) is 4.19. The van der Waals surface area contributed by atoms with E-state index in [0.29, 0.717) is 18.2 Å². The first kappa shape index (κ1) is 11.6. The first-order valence-corrected chi connectivity index (χ1v) is 6.04. The lowest BCUT2D eigenvalue weighted by molar-refractivity contribution is 0.461. The van der Waals surface area contributed by atoms with Gasteiger partial charge >= 0.3 is 0 Å². The quantitative estimate of drug-likeness (QED) is 0.777. The van der Waals surface area contributed by atoms with Gasteiger partial charge in [0.15, 0.2) is 0 Å². The van der Waals surface area contributed by atoms with E-state index in [1.54, 1.807) is 6.20 Å². The van der Waals surface area contributed by atoms with Crippen LogP contribution in [-0.4, -0.2) is 10.2 Å². The number of nitrogens with zero attached hydrogens (tertiary/aromatic N) is 2. The molecule has 0 saturated carbocycles. The van der Waals surface area contributed by atoms with E-state index in [-0.39, 0.29) is 0 Å². The lowest BCUT2D eigenvalue weighted by Gasteiger charge is -2.07. The highest BCUT2D eigenvalue weighted by Gasteiger charge is 2.05. The maximum absolute atomic E-state index is 5.80. The normalized spacial score (nSPS) is 10.6. The van der Waals surface area contributed by atoms with Gasteiger partial charge in [0.2, 0.25) is 5.88 Å². The smallest absolute Gasteiger partial charge is 0.246 e. The number of benzene rings is 2. The molecule has 4 heteroatoms. The van der Waals surface area contributed by atoms with Gasteiger partial charge in [-0.1, -0.05) is 30.3 Å². The molecule has 19 heavy (non-hydrogen) atoms. The molecule has 2 aromatic carbocycles. The van der Waals surface area contributed by atoms with Crippen LogP contribution in [0.2, 0.25) is 0 Å². The van der Waals surface area contributed by atoms with Gasteiger partial charge in [0.05, 0.1) is 6.20 Å². The summed E-state index contributed by atoms with van der Waals surface area (Å²) in [6, 6.07) is 15.5. The zero-order chi connectivity index (χ0) is 13.1. The van der Waals surface area contributed by atoms with Crippen molar-refractivity contribution < 1.29 is 4.74 Å². The van der Waals surface area contributed by atoms with Crippen molar-refractivity contribution >= 4 is 10.8 Å². The highest BCUT2D eigenvalue weighted by atomic mass is 16.5. The fraction of sp³-hybridized carbons (Fsp3) is 0.0667. The minimum Gasteiger partial charge on any atom is -0.437 e. The molecule has 0 bridgehead atoms. The van der Waals surface area contributed by atoms with Crippen LogP contribution in [0.3, 0.4) is 0 Å². The van der Waals surface area contributed by atoms with Crippen LogP contribution >= 0.6 is 0 Å². The van der Waals surface area contributed by atoms with Crippen LogP contribution in [0.5, 0.6) is 11.6 Å². The van der Waals surface area contributed by atoms with Crippen LogP contribution in [0.15, 0.2) is 54.7 Å². The standard InChI is InChI=1S/C15H13N3O/c16-9-11-4-3-6-13(8-11)19-15-14-7-2-1-5-12(14)10-17-18-15/h1-8,10H,9,16H2. The number of aromatic nitrogens is 2. The predicted octanol–water partition coefficient (Wildman–Crippen LogP) is 2.88. The minimum atomic E-state index is 0.485. The third-order valence-corrected chi connectivity index (χ3v) is 2.89. The van der Waals surface area contributed by atoms with Crippen LogP contribution in [0.1, 0.15) is 5.56 Å². The van der Waals surface area contributed by atoms with Crippen molar-refractivity contribution in [2.24, 2.45) is 5.73 Å². The number of hydrogen-bond donors (Lipinski definition) is 1. The van der Waals surface area contributed by atoms with Crippen molar-refractivity contribution in [3.05, 3.63) is 60.3 Å². The van der Waals surface area contributed by atoms with Crippen molar-refractivity contribution in [2.45, 2.75) is 6.54 Å². The monoisotopic (exact) mass is 251 g/mol. The van der Waals surface area contributed by atoms with Gasteiger partial charge in [-0.05, 0) is 23.8 Å². The molecule has 1 heterocycles. The zero-order valence-electron chi connectivity index (χ0n) is 10.3. The third kappa shape index (κ3) is 2.39. The molecule has 0 aliphatic heterocycles. The van der Waals surface area contributed by atoms with E-state index in [4.69, 9.17) is 10.5 Å². The Bertz CT molecular complexity index is 707. The summed E-state index contributed by atoms with van der Waals surface area (Å²) in [4.78, 5) is 0. The van der Waals surface area contributed by atoms with E-state index in [9.17, 15) is 0 Å². The number of ether oxygens (including phenoxy) is 1. The number of hydrogen-bond acceptors (Lipinski definition) is 4. The van der Waals surface area contributed by atoms with Crippen molar-refractivity contribution in [2.75, 3.05) is 0 Å². The third-order valence-electron chi connectivity index (χ3n) is 2.89. The summed E-state index contributed by atoms with van der Waals surface area (Å²) in [6.45, 7) is 0.485. The van der Waals surface area contributed by atoms with E-state index >= 15 is 0 Å². The molecule has 0 aliphatic rings. The molecule has 0 atom stereocenters. The molecular weight excluding hydrogens is 238 g/mol. The number of rotatable bonds is 3. The van der Waals surface area contributed by atoms with E-state index in [2.05, 4.69) is 10.2 Å². The molecule has 0 spiro atoms. The van der Waals surface area contributed by atoms with Crippen molar-refractivity contribution in [3.8, 4) is 11.6 Å². The van der Waals surface area contributed by atoms with Crippen molar-refractivity contribution in [3.63, 3.8) is 0 Å². The van der Waals surface area contributed by atoms with Crippen molar-refractivity contribution in [1.29, 1.82) is 0 Å². The van der Waals surface area contributed by atoms with Crippen molar-refractivity contribution in [1.82, 2.24) is 10.2 Å². The number of nitrogens with two attached hydrogens (primary N) is 1. The Hall–Kier alpha value is -2.46. The predicted molar refractivity (Wildman–Crippen MR) is 73.9 cm³/mol. The molecule has 0 amide bonds. The van der Waals surface area contributed by atoms with Gasteiger partial charge in [-0.15, -0.1) is 5.10 Å². The SMILES string of the molecule is NCc1cccc(Oc2nncc3ccccc23)c1. The lowest BCUT2D eigenvalue weighted by Crippen LogP contribution is -1.97. The Balaban J connectivity index is 2.01. The Labute approximate surface area is 110 Å². The van der Waals surface area contributed by atoms with Crippen LogP contribution in [0.25, 0.3) is 10.8 Å². The maximum atomic E-state index is 5.80.